The van der Waals surface area contributed by atoms with Crippen LogP contribution in [0, 0.1) is 0 Å². The number of nitrogens with zero attached hydrogens (tertiary/aromatic N) is 1. The maximum Gasteiger partial charge on any atom is 0.192 e. The maximum atomic E-state index is 5.19. The fourth-order valence-electron chi connectivity index (χ4n) is 1.29. The first-order chi connectivity index (χ1) is 7.35. The lowest BCUT2D eigenvalue weighted by Crippen LogP contribution is -2.00. The molecular weight excluding hydrogens is 214 g/mol. The Hall–Kier alpha value is -1.17. The molecule has 2 aromatic heterocycles. The topological polar surface area (TPSA) is 44.5 Å². The quantitative estimate of drug-likeness (QED) is 0.750. The van der Waals surface area contributed by atoms with Crippen LogP contribution in [0.15, 0.2) is 28.5 Å². The van der Waals surface area contributed by atoms with Gasteiger partial charge in [-0.2, -0.15) is 0 Å². The summed E-state index contributed by atoms with van der Waals surface area (Å²) in [4.78, 5) is 4.87. The van der Waals surface area contributed by atoms with Crippen LogP contribution >= 0.6 is 11.3 Å². The molecule has 0 fully saturated rings. The Kier molecular flexibility index (Phi) is 3.15. The molecule has 0 amide bonds. The second-order valence-corrected chi connectivity index (χ2v) is 3.85. The van der Waals surface area contributed by atoms with E-state index in [1.807, 2.05) is 11.4 Å². The fraction of sp³-hybridized carbons (Fsp3) is 0.300. The Morgan fingerprint density at radius 2 is 2.20 bits per heavy atom. The number of thiophene rings is 1. The molecule has 0 unspecified atom stereocenters. The third-order valence-electron chi connectivity index (χ3n) is 2.00. The average molecular weight is 225 g/mol. The number of ether oxygens (including phenoxy) is 2. The first kappa shape index (κ1) is 10.4. The van der Waals surface area contributed by atoms with Crippen molar-refractivity contribution in [2.45, 2.75) is 6.29 Å². The summed E-state index contributed by atoms with van der Waals surface area (Å²) < 4.78 is 15.5. The molecule has 5 heteroatoms. The molecule has 2 rings (SSSR count). The van der Waals surface area contributed by atoms with Gasteiger partial charge in [0.15, 0.2) is 18.4 Å². The third-order valence-corrected chi connectivity index (χ3v) is 2.95. The lowest BCUT2D eigenvalue weighted by molar-refractivity contribution is -0.103. The summed E-state index contributed by atoms with van der Waals surface area (Å²) >= 11 is 1.57. The fourth-order valence-corrected chi connectivity index (χ4v) is 2.24. The van der Waals surface area contributed by atoms with E-state index in [2.05, 4.69) is 4.98 Å². The van der Waals surface area contributed by atoms with Crippen LogP contribution in [0.2, 0.25) is 0 Å². The Morgan fingerprint density at radius 3 is 2.80 bits per heavy atom. The lowest BCUT2D eigenvalue weighted by Gasteiger charge is -2.09. The summed E-state index contributed by atoms with van der Waals surface area (Å²) in [5.74, 6) is 0.753. The second-order valence-electron chi connectivity index (χ2n) is 2.91. The zero-order chi connectivity index (χ0) is 10.7. The summed E-state index contributed by atoms with van der Waals surface area (Å²) in [7, 11) is 3.23. The molecule has 0 spiro atoms. The van der Waals surface area contributed by atoms with E-state index in [1.54, 1.807) is 31.8 Å². The van der Waals surface area contributed by atoms with Crippen molar-refractivity contribution in [1.29, 1.82) is 0 Å². The van der Waals surface area contributed by atoms with Gasteiger partial charge in [0, 0.05) is 25.2 Å². The van der Waals surface area contributed by atoms with Crippen LogP contribution in [0.25, 0.3) is 11.3 Å². The van der Waals surface area contributed by atoms with Crippen LogP contribution in [0.3, 0.4) is 0 Å². The molecule has 0 N–H and O–H groups in total. The van der Waals surface area contributed by atoms with Crippen LogP contribution in [-0.4, -0.2) is 19.2 Å². The molecule has 2 aromatic rings. The molecule has 2 heterocycles. The van der Waals surface area contributed by atoms with E-state index in [0.717, 1.165) is 16.2 Å². The van der Waals surface area contributed by atoms with Crippen molar-refractivity contribution >= 4 is 11.3 Å². The summed E-state index contributed by atoms with van der Waals surface area (Å²) in [5, 5.41) is 1.99. The van der Waals surface area contributed by atoms with E-state index >= 15 is 0 Å². The SMILES string of the molecule is COC(OC)c1cc(-c2cnco2)cs1. The summed E-state index contributed by atoms with van der Waals surface area (Å²) in [6.45, 7) is 0. The Bertz CT molecular complexity index is 406. The predicted molar refractivity (Wildman–Crippen MR) is 56.6 cm³/mol. The van der Waals surface area contributed by atoms with Crippen molar-refractivity contribution in [2.75, 3.05) is 14.2 Å². The Morgan fingerprint density at radius 1 is 1.40 bits per heavy atom. The molecule has 0 aliphatic heterocycles. The van der Waals surface area contributed by atoms with Crippen LogP contribution in [0.4, 0.5) is 0 Å². The molecule has 0 radical (unpaired) electrons. The molecule has 0 saturated heterocycles. The van der Waals surface area contributed by atoms with E-state index in [0.29, 0.717) is 0 Å². The van der Waals surface area contributed by atoms with Crippen molar-refractivity contribution in [3.63, 3.8) is 0 Å². The Balaban J connectivity index is 2.24. The van der Waals surface area contributed by atoms with Crippen LogP contribution in [0.1, 0.15) is 11.2 Å². The van der Waals surface area contributed by atoms with Gasteiger partial charge in [0.25, 0.3) is 0 Å². The molecule has 0 aliphatic rings. The van der Waals surface area contributed by atoms with Crippen LogP contribution in [-0.2, 0) is 9.47 Å². The van der Waals surface area contributed by atoms with Gasteiger partial charge in [-0.15, -0.1) is 11.3 Å². The Labute approximate surface area is 91.5 Å². The largest absolute Gasteiger partial charge is 0.443 e. The van der Waals surface area contributed by atoms with Crippen molar-refractivity contribution in [3.05, 3.63) is 28.9 Å². The highest BCUT2D eigenvalue weighted by atomic mass is 32.1. The van der Waals surface area contributed by atoms with E-state index in [9.17, 15) is 0 Å². The van der Waals surface area contributed by atoms with Gasteiger partial charge in [-0.25, -0.2) is 4.98 Å². The van der Waals surface area contributed by atoms with Gasteiger partial charge < -0.3 is 13.9 Å². The number of hydrogen-bond donors (Lipinski definition) is 0. The first-order valence-corrected chi connectivity index (χ1v) is 5.26. The minimum atomic E-state index is -0.313. The van der Waals surface area contributed by atoms with E-state index < -0.39 is 0 Å². The second kappa shape index (κ2) is 4.57. The van der Waals surface area contributed by atoms with Crippen molar-refractivity contribution in [3.8, 4) is 11.3 Å². The van der Waals surface area contributed by atoms with Crippen LogP contribution in [0.5, 0.6) is 0 Å². The normalized spacial score (nSPS) is 11.1. The number of rotatable bonds is 4. The van der Waals surface area contributed by atoms with E-state index in [4.69, 9.17) is 13.9 Å². The number of aromatic nitrogens is 1. The van der Waals surface area contributed by atoms with Gasteiger partial charge in [0.1, 0.15) is 0 Å². The zero-order valence-corrected chi connectivity index (χ0v) is 9.28. The summed E-state index contributed by atoms with van der Waals surface area (Å²) in [6.07, 6.45) is 2.78. The minimum Gasteiger partial charge on any atom is -0.443 e. The van der Waals surface area contributed by atoms with Crippen LogP contribution < -0.4 is 0 Å². The molecule has 15 heavy (non-hydrogen) atoms. The highest BCUT2D eigenvalue weighted by Gasteiger charge is 2.13. The van der Waals surface area contributed by atoms with Crippen molar-refractivity contribution < 1.29 is 13.9 Å². The van der Waals surface area contributed by atoms with E-state index in [-0.39, 0.29) is 6.29 Å². The smallest absolute Gasteiger partial charge is 0.192 e. The maximum absolute atomic E-state index is 5.19. The molecule has 0 bridgehead atoms. The molecule has 0 aromatic carbocycles. The van der Waals surface area contributed by atoms with Gasteiger partial charge in [-0.05, 0) is 6.07 Å². The monoisotopic (exact) mass is 225 g/mol. The van der Waals surface area contributed by atoms with Gasteiger partial charge in [0.2, 0.25) is 0 Å². The minimum absolute atomic E-state index is 0.313. The summed E-state index contributed by atoms with van der Waals surface area (Å²) in [5.41, 5.74) is 0.992. The highest BCUT2D eigenvalue weighted by Crippen LogP contribution is 2.30. The highest BCUT2D eigenvalue weighted by molar-refractivity contribution is 7.10. The molecule has 0 saturated carbocycles. The van der Waals surface area contributed by atoms with Gasteiger partial charge in [0.05, 0.1) is 11.1 Å². The molecule has 4 nitrogen and oxygen atoms in total. The van der Waals surface area contributed by atoms with Crippen molar-refractivity contribution in [2.24, 2.45) is 0 Å². The molecule has 0 aliphatic carbocycles. The molecular formula is C10H11NO3S. The third kappa shape index (κ3) is 2.09. The number of oxazole rings is 1. The lowest BCUT2D eigenvalue weighted by atomic mass is 10.2. The van der Waals surface area contributed by atoms with Gasteiger partial charge in [-0.3, -0.25) is 0 Å². The van der Waals surface area contributed by atoms with Crippen molar-refractivity contribution in [1.82, 2.24) is 4.98 Å². The number of hydrogen-bond acceptors (Lipinski definition) is 5. The van der Waals surface area contributed by atoms with Gasteiger partial charge in [-0.1, -0.05) is 0 Å². The average Bonchev–Trinajstić information content (AvgIpc) is 2.89. The first-order valence-electron chi connectivity index (χ1n) is 4.38. The molecule has 80 valence electrons. The van der Waals surface area contributed by atoms with E-state index in [1.165, 1.54) is 6.39 Å². The molecule has 0 atom stereocenters. The number of methoxy groups -OCH3 is 2. The standard InChI is InChI=1S/C10H11NO3S/c1-12-10(13-2)9-3-7(5-15-9)8-4-11-6-14-8/h3-6,10H,1-2H3. The predicted octanol–water partition coefficient (Wildman–Crippen LogP) is 2.69. The zero-order valence-electron chi connectivity index (χ0n) is 8.47. The van der Waals surface area contributed by atoms with Gasteiger partial charge >= 0.3 is 0 Å². The summed E-state index contributed by atoms with van der Waals surface area (Å²) in [6, 6.07) is 1.98.